The summed E-state index contributed by atoms with van der Waals surface area (Å²) in [7, 11) is -4.34. The van der Waals surface area contributed by atoms with Gasteiger partial charge in [-0.2, -0.15) is 0 Å². The Morgan fingerprint density at radius 1 is 0.784 bits per heavy atom. The number of benzene rings is 1. The van der Waals surface area contributed by atoms with Crippen LogP contribution in [0.3, 0.4) is 0 Å². The molecule has 12 heteroatoms. The van der Waals surface area contributed by atoms with Crippen LogP contribution >= 0.6 is 0 Å². The number of methoxy groups -OCH3 is 3. The van der Waals surface area contributed by atoms with E-state index in [4.69, 9.17) is 31.3 Å². The van der Waals surface area contributed by atoms with Crippen molar-refractivity contribution in [2.24, 2.45) is 0 Å². The van der Waals surface area contributed by atoms with E-state index in [2.05, 4.69) is 65.8 Å². The molecule has 212 valence electrons. The summed E-state index contributed by atoms with van der Waals surface area (Å²) >= 11 is 0. The Hall–Kier alpha value is -1.42. The first-order valence-corrected chi connectivity index (χ1v) is 24.6. The van der Waals surface area contributed by atoms with Gasteiger partial charge < -0.3 is 31.3 Å². The molecule has 0 fully saturated rings. The third-order valence-electron chi connectivity index (χ3n) is 4.84. The zero-order valence-electron chi connectivity index (χ0n) is 25.1. The molecule has 0 aliphatic carbocycles. The molecule has 1 aromatic rings. The summed E-state index contributed by atoms with van der Waals surface area (Å²) in [4.78, 5) is 12.5. The van der Waals surface area contributed by atoms with Gasteiger partial charge in [-0.25, -0.2) is 4.79 Å². The van der Waals surface area contributed by atoms with E-state index in [9.17, 15) is 4.79 Å². The summed E-state index contributed by atoms with van der Waals surface area (Å²) in [5.74, 6) is 1.08. The molecule has 0 saturated heterocycles. The number of carbonyl (C=O) groups is 1. The van der Waals surface area contributed by atoms with Crippen molar-refractivity contribution >= 4 is 45.8 Å². The van der Waals surface area contributed by atoms with Crippen LogP contribution < -0.4 is 14.2 Å². The normalized spacial score (nSPS) is 14.0. The van der Waals surface area contributed by atoms with Crippen LogP contribution in [0.1, 0.15) is 18.9 Å². The number of hydrogen-bond donors (Lipinski definition) is 0. The highest BCUT2D eigenvalue weighted by Crippen LogP contribution is 2.39. The molecule has 0 aromatic heterocycles. The molecule has 0 spiro atoms. The van der Waals surface area contributed by atoms with Crippen molar-refractivity contribution in [3.63, 3.8) is 0 Å². The smallest absolute Gasteiger partial charge is 0.472 e. The van der Waals surface area contributed by atoms with E-state index in [1.54, 1.807) is 39.5 Å². The average Bonchev–Trinajstić information content (AvgIpc) is 2.72. The Morgan fingerprint density at radius 2 is 1.22 bits per heavy atom. The van der Waals surface area contributed by atoms with Crippen molar-refractivity contribution in [2.75, 3.05) is 27.9 Å². The maximum Gasteiger partial charge on any atom is 0.472 e. The van der Waals surface area contributed by atoms with E-state index < -0.39 is 39.7 Å². The number of esters is 1. The van der Waals surface area contributed by atoms with Gasteiger partial charge in [0.25, 0.3) is 0 Å². The first-order chi connectivity index (χ1) is 16.8. The Kier molecular flexibility index (Phi) is 12.3. The largest absolute Gasteiger partial charge is 0.493 e. The molecule has 0 N–H and O–H groups in total. The Labute approximate surface area is 228 Å². The minimum Gasteiger partial charge on any atom is -0.493 e. The SMILES string of the molecule is COc1cc(C=CC(=O)OCCC(C)[Si](O[Si](C)(C)C)(O[Si](C)(C)C)O[Si](C)(C)C)cc(OC)c1OC. The van der Waals surface area contributed by atoms with Crippen molar-refractivity contribution in [1.29, 1.82) is 0 Å². The van der Waals surface area contributed by atoms with Crippen LogP contribution in [0.15, 0.2) is 18.2 Å². The van der Waals surface area contributed by atoms with Gasteiger partial charge in [0.1, 0.15) is 0 Å². The third-order valence-corrected chi connectivity index (χ3v) is 17.1. The lowest BCUT2D eigenvalue weighted by Crippen LogP contribution is -2.62. The van der Waals surface area contributed by atoms with E-state index in [1.165, 1.54) is 6.08 Å². The molecule has 1 rings (SSSR count). The average molecular weight is 589 g/mol. The lowest BCUT2D eigenvalue weighted by atomic mass is 10.1. The maximum absolute atomic E-state index is 12.5. The van der Waals surface area contributed by atoms with Gasteiger partial charge in [0, 0.05) is 11.6 Å². The Balaban J connectivity index is 3.01. The number of rotatable bonds is 15. The summed E-state index contributed by atoms with van der Waals surface area (Å²) in [6.45, 7) is 21.8. The van der Waals surface area contributed by atoms with E-state index in [1.807, 2.05) is 0 Å². The highest BCUT2D eigenvalue weighted by atomic mass is 28.5. The van der Waals surface area contributed by atoms with Crippen LogP contribution in [0.2, 0.25) is 64.5 Å². The van der Waals surface area contributed by atoms with Gasteiger partial charge in [-0.1, -0.05) is 6.92 Å². The number of hydrogen-bond acceptors (Lipinski definition) is 8. The molecule has 0 aliphatic heterocycles. The first kappa shape index (κ1) is 33.6. The zero-order valence-corrected chi connectivity index (χ0v) is 29.1. The fraction of sp³-hybridized carbons (Fsp3) is 0.640. The van der Waals surface area contributed by atoms with Crippen LogP contribution in [-0.2, 0) is 21.9 Å². The second-order valence-corrected chi connectivity index (χ2v) is 29.2. The number of carbonyl (C=O) groups excluding carboxylic acids is 1. The predicted molar refractivity (Wildman–Crippen MR) is 159 cm³/mol. The van der Waals surface area contributed by atoms with Crippen LogP contribution in [0.25, 0.3) is 6.08 Å². The van der Waals surface area contributed by atoms with Gasteiger partial charge in [-0.3, -0.25) is 0 Å². The standard InChI is InChI=1S/C25H48O8Si4/c1-20(37(31-34(5,6)7,32-35(8,9)10)33-36(11,12)13)16-17-30-24(26)15-14-21-18-22(27-2)25(29-4)23(19-21)28-3/h14-15,18-20H,16-17H2,1-13H3. The van der Waals surface area contributed by atoms with Gasteiger partial charge in [0.15, 0.2) is 36.5 Å². The summed E-state index contributed by atoms with van der Waals surface area (Å²) in [6, 6.07) is 3.53. The predicted octanol–water partition coefficient (Wildman–Crippen LogP) is 6.54. The molecule has 8 nitrogen and oxygen atoms in total. The molecule has 1 unspecified atom stereocenters. The quantitative estimate of drug-likeness (QED) is 0.130. The van der Waals surface area contributed by atoms with Crippen molar-refractivity contribution in [1.82, 2.24) is 0 Å². The summed E-state index contributed by atoms with van der Waals surface area (Å²) < 4.78 is 42.0. The lowest BCUT2D eigenvalue weighted by molar-refractivity contribution is -0.137. The molecule has 0 aliphatic rings. The van der Waals surface area contributed by atoms with Crippen molar-refractivity contribution < 1.29 is 36.1 Å². The Bertz CT molecular complexity index is 851. The van der Waals surface area contributed by atoms with E-state index in [0.29, 0.717) is 23.7 Å². The van der Waals surface area contributed by atoms with E-state index in [-0.39, 0.29) is 12.1 Å². The minimum atomic E-state index is -3.04. The Morgan fingerprint density at radius 3 is 1.57 bits per heavy atom. The molecule has 1 aromatic carbocycles. The summed E-state index contributed by atoms with van der Waals surface area (Å²) in [5, 5.41) is 0. The molecule has 0 radical (unpaired) electrons. The molecular formula is C25H48O8Si4. The minimum absolute atomic E-state index is 0.00966. The van der Waals surface area contributed by atoms with Crippen LogP contribution in [-0.4, -0.2) is 67.7 Å². The molecular weight excluding hydrogens is 541 g/mol. The van der Waals surface area contributed by atoms with Gasteiger partial charge in [-0.15, -0.1) is 0 Å². The molecule has 0 heterocycles. The van der Waals surface area contributed by atoms with Gasteiger partial charge in [0.05, 0.1) is 27.9 Å². The topological polar surface area (TPSA) is 81.7 Å². The highest BCUT2D eigenvalue weighted by molar-refractivity contribution is 6.90. The number of ether oxygens (including phenoxy) is 4. The third kappa shape index (κ3) is 11.9. The van der Waals surface area contributed by atoms with Crippen molar-refractivity contribution in [3.8, 4) is 17.2 Å². The molecule has 0 saturated carbocycles. The van der Waals surface area contributed by atoms with Crippen molar-refractivity contribution in [3.05, 3.63) is 23.8 Å². The summed E-state index contributed by atoms with van der Waals surface area (Å²) in [6.07, 6.45) is 3.65. The highest BCUT2D eigenvalue weighted by Gasteiger charge is 2.53. The van der Waals surface area contributed by atoms with Crippen molar-refractivity contribution in [2.45, 2.75) is 77.8 Å². The second-order valence-electron chi connectivity index (χ2n) is 11.9. The van der Waals surface area contributed by atoms with Crippen LogP contribution in [0.5, 0.6) is 17.2 Å². The van der Waals surface area contributed by atoms with E-state index >= 15 is 0 Å². The second kappa shape index (κ2) is 13.6. The fourth-order valence-electron chi connectivity index (χ4n) is 3.57. The summed E-state index contributed by atoms with van der Waals surface area (Å²) in [5.41, 5.74) is 0.714. The van der Waals surface area contributed by atoms with Gasteiger partial charge in [0.2, 0.25) is 5.75 Å². The molecule has 0 amide bonds. The maximum atomic E-state index is 12.5. The van der Waals surface area contributed by atoms with Crippen LogP contribution in [0, 0.1) is 0 Å². The van der Waals surface area contributed by atoms with E-state index in [0.717, 1.165) is 5.56 Å². The van der Waals surface area contributed by atoms with Gasteiger partial charge in [-0.05, 0) is 89.1 Å². The molecule has 0 bridgehead atoms. The van der Waals surface area contributed by atoms with Crippen LogP contribution in [0.4, 0.5) is 0 Å². The fourth-order valence-corrected chi connectivity index (χ4v) is 18.3. The lowest BCUT2D eigenvalue weighted by Gasteiger charge is -2.45. The molecule has 1 atom stereocenters. The van der Waals surface area contributed by atoms with Gasteiger partial charge >= 0.3 is 14.8 Å². The first-order valence-electron chi connectivity index (χ1n) is 12.6. The molecule has 37 heavy (non-hydrogen) atoms. The monoisotopic (exact) mass is 588 g/mol. The zero-order chi connectivity index (χ0) is 28.7.